The lowest BCUT2D eigenvalue weighted by Gasteiger charge is -2.10. The van der Waals surface area contributed by atoms with Crippen molar-refractivity contribution >= 4 is 33.0 Å². The first-order valence-electron chi connectivity index (χ1n) is 4.33. The van der Waals surface area contributed by atoms with E-state index in [0.29, 0.717) is 11.3 Å². The summed E-state index contributed by atoms with van der Waals surface area (Å²) in [5.74, 6) is 0. The molecule has 98 valence electrons. The summed E-state index contributed by atoms with van der Waals surface area (Å²) in [5.41, 5.74) is 0.180. The van der Waals surface area contributed by atoms with Crippen molar-refractivity contribution in [1.82, 2.24) is 9.71 Å². The Morgan fingerprint density at radius 1 is 1.59 bits per heavy atom. The van der Waals surface area contributed by atoms with Gasteiger partial charge < -0.3 is 5.11 Å². The zero-order valence-corrected chi connectivity index (χ0v) is 10.9. The Morgan fingerprint density at radius 2 is 2.18 bits per heavy atom. The Hall–Kier alpha value is -0.350. The number of halogens is 3. The minimum absolute atomic E-state index is 0.0392. The highest BCUT2D eigenvalue weighted by molar-refractivity contribution is 7.91. The minimum Gasteiger partial charge on any atom is -0.386 e. The number of aromatic nitrogens is 1. The van der Waals surface area contributed by atoms with Gasteiger partial charge in [-0.05, 0) is 6.92 Å². The first kappa shape index (κ1) is 14.7. The van der Waals surface area contributed by atoms with E-state index < -0.39 is 29.1 Å². The first-order chi connectivity index (χ1) is 7.74. The summed E-state index contributed by atoms with van der Waals surface area (Å²) in [5, 5.41) is 8.80. The van der Waals surface area contributed by atoms with Crippen LogP contribution in [0.5, 0.6) is 0 Å². The number of aryl methyl sites for hydroxylation is 1. The van der Waals surface area contributed by atoms with Gasteiger partial charge in [0.05, 0.1) is 5.69 Å². The number of nitrogens with zero attached hydrogens (tertiary/aromatic N) is 1. The van der Waals surface area contributed by atoms with Crippen LogP contribution in [-0.2, 0) is 10.0 Å². The smallest absolute Gasteiger partial charge is 0.265 e. The molecular formula is C7H9ClF2N2O3S2. The molecule has 2 N–H and O–H groups in total. The Labute approximate surface area is 105 Å². The summed E-state index contributed by atoms with van der Waals surface area (Å²) in [6.07, 6.45) is -5.06. The highest BCUT2D eigenvalue weighted by Crippen LogP contribution is 2.26. The normalized spacial score (nSPS) is 14.2. The molecule has 0 saturated heterocycles. The van der Waals surface area contributed by atoms with Crippen LogP contribution in [0.4, 0.5) is 8.78 Å². The molecule has 0 aliphatic carbocycles. The fourth-order valence-corrected chi connectivity index (χ4v) is 3.78. The lowest BCUT2D eigenvalue weighted by atomic mass is 10.4. The molecule has 1 aromatic heterocycles. The van der Waals surface area contributed by atoms with E-state index in [2.05, 4.69) is 4.98 Å². The summed E-state index contributed by atoms with van der Waals surface area (Å²) in [6, 6.07) is 0. The lowest BCUT2D eigenvalue weighted by Crippen LogP contribution is -2.35. The number of alkyl halides is 2. The average Bonchev–Trinajstić information content (AvgIpc) is 2.55. The molecule has 0 bridgehead atoms. The third-order valence-corrected chi connectivity index (χ3v) is 5.04. The third kappa shape index (κ3) is 3.81. The highest BCUT2D eigenvalue weighted by Gasteiger charge is 2.24. The second kappa shape index (κ2) is 5.53. The number of hydrogen-bond acceptors (Lipinski definition) is 5. The molecule has 10 heteroatoms. The van der Waals surface area contributed by atoms with E-state index in [1.54, 1.807) is 0 Å². The number of thiazole rings is 1. The van der Waals surface area contributed by atoms with E-state index in [4.69, 9.17) is 16.7 Å². The van der Waals surface area contributed by atoms with E-state index in [1.807, 2.05) is 4.72 Å². The van der Waals surface area contributed by atoms with Crippen molar-refractivity contribution < 1.29 is 22.3 Å². The summed E-state index contributed by atoms with van der Waals surface area (Å²) < 4.78 is 49.0. The second-order valence-electron chi connectivity index (χ2n) is 3.09. The molecule has 5 nitrogen and oxygen atoms in total. The molecule has 1 aromatic rings. The van der Waals surface area contributed by atoms with Crippen LogP contribution in [0.25, 0.3) is 0 Å². The van der Waals surface area contributed by atoms with Crippen molar-refractivity contribution in [2.75, 3.05) is 6.54 Å². The Bertz CT molecular complexity index is 491. The topological polar surface area (TPSA) is 79.3 Å². The van der Waals surface area contributed by atoms with Crippen molar-refractivity contribution in [3.63, 3.8) is 0 Å². The third-order valence-electron chi connectivity index (χ3n) is 1.75. The molecule has 0 amide bonds. The minimum atomic E-state index is -3.97. The van der Waals surface area contributed by atoms with Crippen molar-refractivity contribution in [1.29, 1.82) is 0 Å². The number of aliphatic hydroxyl groups excluding tert-OH is 1. The lowest BCUT2D eigenvalue weighted by molar-refractivity contribution is -0.000446. The molecule has 0 aliphatic rings. The summed E-state index contributed by atoms with van der Waals surface area (Å²) in [7, 11) is -3.97. The van der Waals surface area contributed by atoms with Crippen LogP contribution in [0.2, 0.25) is 4.47 Å². The zero-order chi connectivity index (χ0) is 13.2. The fourth-order valence-electron chi connectivity index (χ4n) is 0.950. The van der Waals surface area contributed by atoms with Crippen LogP contribution < -0.4 is 4.72 Å². The van der Waals surface area contributed by atoms with Crippen LogP contribution in [-0.4, -0.2) is 37.6 Å². The number of rotatable bonds is 5. The van der Waals surface area contributed by atoms with Crippen LogP contribution in [0.1, 0.15) is 5.69 Å². The summed E-state index contributed by atoms with van der Waals surface area (Å²) in [6.45, 7) is 0.662. The van der Waals surface area contributed by atoms with Crippen LogP contribution >= 0.6 is 22.9 Å². The molecule has 1 atom stereocenters. The van der Waals surface area contributed by atoms with E-state index in [-0.39, 0.29) is 14.4 Å². The van der Waals surface area contributed by atoms with Gasteiger partial charge in [0.15, 0.2) is 8.68 Å². The largest absolute Gasteiger partial charge is 0.386 e. The average molecular weight is 307 g/mol. The highest BCUT2D eigenvalue weighted by atomic mass is 35.5. The molecule has 0 aliphatic heterocycles. The number of aliphatic hydroxyl groups is 1. The Balaban J connectivity index is 2.80. The number of sulfonamides is 1. The quantitative estimate of drug-likeness (QED) is 0.851. The monoisotopic (exact) mass is 306 g/mol. The molecule has 1 unspecified atom stereocenters. The van der Waals surface area contributed by atoms with Gasteiger partial charge in [-0.1, -0.05) is 22.9 Å². The van der Waals surface area contributed by atoms with E-state index in [1.165, 1.54) is 6.92 Å². The molecule has 1 heterocycles. The molecule has 1 rings (SSSR count). The maximum absolute atomic E-state index is 12.0. The van der Waals surface area contributed by atoms with Gasteiger partial charge in [0.2, 0.25) is 0 Å². The number of nitrogens with one attached hydrogen (secondary N) is 1. The SMILES string of the molecule is Cc1nc(Cl)sc1S(=O)(=O)NCC(O)C(F)F. The predicted molar refractivity (Wildman–Crippen MR) is 59.1 cm³/mol. The van der Waals surface area contributed by atoms with Gasteiger partial charge in [0.1, 0.15) is 6.10 Å². The second-order valence-corrected chi connectivity index (χ2v) is 6.64. The van der Waals surface area contributed by atoms with Gasteiger partial charge in [-0.2, -0.15) is 0 Å². The van der Waals surface area contributed by atoms with Gasteiger partial charge in [0, 0.05) is 6.54 Å². The van der Waals surface area contributed by atoms with E-state index >= 15 is 0 Å². The zero-order valence-electron chi connectivity index (χ0n) is 8.52. The van der Waals surface area contributed by atoms with Crippen LogP contribution in [0.3, 0.4) is 0 Å². The number of hydrogen-bond donors (Lipinski definition) is 2. The summed E-state index contributed by atoms with van der Waals surface area (Å²) in [4.78, 5) is 3.69. The maximum atomic E-state index is 12.0. The first-order valence-corrected chi connectivity index (χ1v) is 7.00. The van der Waals surface area contributed by atoms with E-state index in [9.17, 15) is 17.2 Å². The summed E-state index contributed by atoms with van der Waals surface area (Å²) >= 11 is 6.25. The Kier molecular flexibility index (Phi) is 4.78. The van der Waals surface area contributed by atoms with Gasteiger partial charge >= 0.3 is 0 Å². The molecule has 0 saturated carbocycles. The van der Waals surface area contributed by atoms with E-state index in [0.717, 1.165) is 0 Å². The van der Waals surface area contributed by atoms with Gasteiger partial charge in [0.25, 0.3) is 16.4 Å². The maximum Gasteiger partial charge on any atom is 0.265 e. The van der Waals surface area contributed by atoms with Gasteiger partial charge in [-0.25, -0.2) is 26.9 Å². The molecule has 17 heavy (non-hydrogen) atoms. The van der Waals surface area contributed by atoms with Gasteiger partial charge in [-0.15, -0.1) is 0 Å². The van der Waals surface area contributed by atoms with Crippen molar-refractivity contribution in [2.45, 2.75) is 23.7 Å². The molecule has 0 aromatic carbocycles. The van der Waals surface area contributed by atoms with Crippen molar-refractivity contribution in [2.24, 2.45) is 0 Å². The van der Waals surface area contributed by atoms with Crippen molar-refractivity contribution in [3.8, 4) is 0 Å². The Morgan fingerprint density at radius 3 is 2.59 bits per heavy atom. The predicted octanol–water partition coefficient (Wildman–Crippen LogP) is 1.01. The standard InChI is InChI=1S/C7H9ClF2N2O3S2/c1-3-6(16-7(8)12-3)17(14,15)11-2-4(13)5(9)10/h4-5,11,13H,2H2,1H3. The molecule has 0 radical (unpaired) electrons. The van der Waals surface area contributed by atoms with Crippen molar-refractivity contribution in [3.05, 3.63) is 10.2 Å². The fraction of sp³-hybridized carbons (Fsp3) is 0.571. The molecule has 0 fully saturated rings. The molecule has 0 spiro atoms. The molecular weight excluding hydrogens is 298 g/mol. The van der Waals surface area contributed by atoms with Crippen LogP contribution in [0.15, 0.2) is 4.21 Å². The van der Waals surface area contributed by atoms with Crippen LogP contribution in [0, 0.1) is 6.92 Å². The van der Waals surface area contributed by atoms with Gasteiger partial charge in [-0.3, -0.25) is 0 Å².